The maximum absolute atomic E-state index is 13.4. The maximum Gasteiger partial charge on any atom is 0.392 e. The summed E-state index contributed by atoms with van der Waals surface area (Å²) < 4.78 is 61.8. The molecule has 0 amide bonds. The van der Waals surface area contributed by atoms with Crippen LogP contribution in [0, 0.1) is 29.1 Å². The molecule has 4 rings (SSSR count). The highest BCUT2D eigenvalue weighted by atomic mass is 32.2. The molecule has 3 atom stereocenters. The van der Waals surface area contributed by atoms with Crippen LogP contribution in [0.5, 0.6) is 0 Å². The first-order chi connectivity index (χ1) is 11.4. The lowest BCUT2D eigenvalue weighted by atomic mass is 9.43. The molecular formula is C17H28F2O5S. The van der Waals surface area contributed by atoms with E-state index in [1.807, 2.05) is 0 Å². The monoisotopic (exact) mass is 382 g/mol. The minimum absolute atomic E-state index is 0.0538. The third-order valence-corrected chi connectivity index (χ3v) is 7.95. The van der Waals surface area contributed by atoms with Gasteiger partial charge < -0.3 is 9.84 Å². The predicted octanol–water partition coefficient (Wildman–Crippen LogP) is 3.09. The van der Waals surface area contributed by atoms with E-state index in [0.717, 1.165) is 38.5 Å². The van der Waals surface area contributed by atoms with Gasteiger partial charge in [-0.15, -0.1) is 0 Å². The van der Waals surface area contributed by atoms with Crippen LogP contribution in [0.1, 0.15) is 52.4 Å². The molecule has 4 fully saturated rings. The van der Waals surface area contributed by atoms with Gasteiger partial charge >= 0.3 is 15.4 Å². The summed E-state index contributed by atoms with van der Waals surface area (Å²) in [5.41, 5.74) is -0.945. The van der Waals surface area contributed by atoms with Crippen LogP contribution in [0.4, 0.5) is 8.78 Å². The van der Waals surface area contributed by atoms with Crippen LogP contribution in [0.25, 0.3) is 0 Å². The van der Waals surface area contributed by atoms with Crippen LogP contribution in [0.2, 0.25) is 0 Å². The number of halogens is 2. The molecule has 4 bridgehead atoms. The van der Waals surface area contributed by atoms with Gasteiger partial charge in [0.15, 0.2) is 0 Å². The molecule has 5 nitrogen and oxygen atoms in total. The Bertz CT molecular complexity index is 605. The Hall–Kier alpha value is -0.310. The zero-order valence-corrected chi connectivity index (χ0v) is 15.6. The molecule has 25 heavy (non-hydrogen) atoms. The second kappa shape index (κ2) is 6.11. The quantitative estimate of drug-likeness (QED) is 0.661. The van der Waals surface area contributed by atoms with Gasteiger partial charge in [0.1, 0.15) is 6.61 Å². The molecule has 0 aromatic heterocycles. The number of alkyl halides is 2. The summed E-state index contributed by atoms with van der Waals surface area (Å²) in [6.45, 7) is 2.88. The summed E-state index contributed by atoms with van der Waals surface area (Å²) in [4.78, 5) is 0. The van der Waals surface area contributed by atoms with Gasteiger partial charge in [0, 0.05) is 0 Å². The van der Waals surface area contributed by atoms with Crippen molar-refractivity contribution in [3.05, 3.63) is 0 Å². The second-order valence-electron chi connectivity index (χ2n) is 8.65. The van der Waals surface area contributed by atoms with Gasteiger partial charge in [0.2, 0.25) is 0 Å². The van der Waals surface area contributed by atoms with Gasteiger partial charge in [0.05, 0.1) is 12.2 Å². The van der Waals surface area contributed by atoms with E-state index in [4.69, 9.17) is 9.29 Å². The van der Waals surface area contributed by atoms with Crippen molar-refractivity contribution in [2.75, 3.05) is 13.2 Å². The number of hydrogen-bond acceptors (Lipinski definition) is 4. The predicted molar refractivity (Wildman–Crippen MR) is 87.7 cm³/mol. The van der Waals surface area contributed by atoms with Gasteiger partial charge in [-0.2, -0.15) is 17.2 Å². The Morgan fingerprint density at radius 3 is 2.28 bits per heavy atom. The normalized spacial score (nSPS) is 41.9. The smallest absolute Gasteiger partial charge is 0.389 e. The Morgan fingerprint density at radius 1 is 1.24 bits per heavy atom. The molecule has 0 heterocycles. The first-order valence-electron chi connectivity index (χ1n) is 9.08. The molecule has 0 saturated heterocycles. The summed E-state index contributed by atoms with van der Waals surface area (Å²) in [6.07, 6.45) is 5.20. The van der Waals surface area contributed by atoms with Crippen molar-refractivity contribution < 1.29 is 31.6 Å². The fraction of sp³-hybridized carbons (Fsp3) is 1.00. The molecular weight excluding hydrogens is 354 g/mol. The van der Waals surface area contributed by atoms with Crippen molar-refractivity contribution in [3.63, 3.8) is 0 Å². The van der Waals surface area contributed by atoms with Crippen molar-refractivity contribution >= 4 is 10.1 Å². The van der Waals surface area contributed by atoms with E-state index in [1.165, 1.54) is 0 Å². The highest BCUT2D eigenvalue weighted by molar-refractivity contribution is 7.86. The van der Waals surface area contributed by atoms with Crippen LogP contribution in [-0.4, -0.2) is 42.1 Å². The van der Waals surface area contributed by atoms with Crippen LogP contribution in [0.15, 0.2) is 0 Å². The van der Waals surface area contributed by atoms with Gasteiger partial charge in [0.25, 0.3) is 0 Å². The molecule has 4 saturated carbocycles. The number of ether oxygens (including phenoxy) is 1. The first-order valence-corrected chi connectivity index (χ1v) is 10.5. The average molecular weight is 382 g/mol. The lowest BCUT2D eigenvalue weighted by molar-refractivity contribution is -0.234. The largest absolute Gasteiger partial charge is 0.392 e. The fourth-order valence-electron chi connectivity index (χ4n) is 5.95. The molecule has 0 aliphatic heterocycles. The Balaban J connectivity index is 1.69. The third-order valence-electron chi connectivity index (χ3n) is 7.08. The van der Waals surface area contributed by atoms with E-state index < -0.39 is 27.6 Å². The Labute approximate surface area is 147 Å². The second-order valence-corrected chi connectivity index (χ2v) is 10.2. The topological polar surface area (TPSA) is 83.8 Å². The van der Waals surface area contributed by atoms with Crippen molar-refractivity contribution in [3.8, 4) is 0 Å². The van der Waals surface area contributed by atoms with Crippen molar-refractivity contribution in [1.82, 2.24) is 0 Å². The SMILES string of the molecule is CCC(C)C1(O)C2CC3CC1CC(COCC(F)(F)S(=O)(=O)O)(C3)C2. The van der Waals surface area contributed by atoms with E-state index in [1.54, 1.807) is 0 Å². The fourth-order valence-corrected chi connectivity index (χ4v) is 6.18. The lowest BCUT2D eigenvalue weighted by Gasteiger charge is -2.65. The van der Waals surface area contributed by atoms with Gasteiger partial charge in [-0.1, -0.05) is 20.3 Å². The van der Waals surface area contributed by atoms with Crippen LogP contribution < -0.4 is 0 Å². The van der Waals surface area contributed by atoms with E-state index >= 15 is 0 Å². The Kier molecular flexibility index (Phi) is 4.75. The van der Waals surface area contributed by atoms with Crippen LogP contribution in [-0.2, 0) is 14.9 Å². The van der Waals surface area contributed by atoms with Crippen molar-refractivity contribution in [2.24, 2.45) is 29.1 Å². The minimum Gasteiger partial charge on any atom is -0.389 e. The van der Waals surface area contributed by atoms with Crippen molar-refractivity contribution in [1.29, 1.82) is 0 Å². The van der Waals surface area contributed by atoms with Crippen LogP contribution >= 0.6 is 0 Å². The van der Waals surface area contributed by atoms with E-state index in [0.29, 0.717) is 5.92 Å². The van der Waals surface area contributed by atoms with Crippen LogP contribution in [0.3, 0.4) is 0 Å². The molecule has 146 valence electrons. The minimum atomic E-state index is -5.46. The number of hydrogen-bond donors (Lipinski definition) is 2. The lowest BCUT2D eigenvalue weighted by Crippen LogP contribution is -2.64. The van der Waals surface area contributed by atoms with E-state index in [9.17, 15) is 22.3 Å². The van der Waals surface area contributed by atoms with Gasteiger partial charge in [-0.3, -0.25) is 4.55 Å². The first kappa shape index (κ1) is 19.5. The molecule has 0 aromatic rings. The third kappa shape index (κ3) is 3.13. The molecule has 0 aromatic carbocycles. The maximum atomic E-state index is 13.4. The highest BCUT2D eigenvalue weighted by Crippen LogP contribution is 2.65. The van der Waals surface area contributed by atoms with Crippen molar-refractivity contribution in [2.45, 2.75) is 63.2 Å². The molecule has 0 radical (unpaired) electrons. The van der Waals surface area contributed by atoms with E-state index in [-0.39, 0.29) is 29.8 Å². The standard InChI is InChI=1S/C17H28F2O5S/c1-3-11(2)17(20)13-4-12-5-14(17)8-15(6-12,7-13)9-24-10-16(18,19)25(21,22)23/h11-14,20H,3-10H2,1-2H3,(H,21,22,23). The molecule has 4 aliphatic rings. The van der Waals surface area contributed by atoms with E-state index in [2.05, 4.69) is 13.8 Å². The number of rotatable bonds is 7. The summed E-state index contributed by atoms with van der Waals surface area (Å²) in [7, 11) is -5.46. The molecule has 2 N–H and O–H groups in total. The molecule has 4 aliphatic carbocycles. The molecule has 8 heteroatoms. The molecule has 3 unspecified atom stereocenters. The molecule has 0 spiro atoms. The summed E-state index contributed by atoms with van der Waals surface area (Å²) in [6, 6.07) is 0. The zero-order chi connectivity index (χ0) is 18.7. The Morgan fingerprint density at radius 2 is 1.80 bits per heavy atom. The summed E-state index contributed by atoms with van der Waals surface area (Å²) in [5, 5.41) is 7.08. The summed E-state index contributed by atoms with van der Waals surface area (Å²) in [5.74, 6) is 0.982. The average Bonchev–Trinajstić information content (AvgIpc) is 2.49. The van der Waals surface area contributed by atoms with Gasteiger partial charge in [-0.25, -0.2) is 0 Å². The highest BCUT2D eigenvalue weighted by Gasteiger charge is 2.63. The van der Waals surface area contributed by atoms with Gasteiger partial charge in [-0.05, 0) is 61.2 Å². The number of aliphatic hydroxyl groups is 1. The summed E-state index contributed by atoms with van der Waals surface area (Å²) >= 11 is 0. The zero-order valence-electron chi connectivity index (χ0n) is 14.7.